The van der Waals surface area contributed by atoms with Crippen LogP contribution in [0.3, 0.4) is 0 Å². The molecule has 0 spiro atoms. The molecule has 0 aliphatic heterocycles. The van der Waals surface area contributed by atoms with Gasteiger partial charge in [-0.25, -0.2) is 0 Å². The molecule has 0 rings (SSSR count). The van der Waals surface area contributed by atoms with E-state index < -0.39 is 0 Å². The molecule has 0 aromatic heterocycles. The summed E-state index contributed by atoms with van der Waals surface area (Å²) in [7, 11) is 0. The van der Waals surface area contributed by atoms with Gasteiger partial charge in [0, 0.05) is 5.75 Å². The molecule has 1 unspecified atom stereocenters. The molecule has 0 saturated heterocycles. The second-order valence-corrected chi connectivity index (χ2v) is 4.07. The summed E-state index contributed by atoms with van der Waals surface area (Å²) in [6.07, 6.45) is 4.17. The van der Waals surface area contributed by atoms with Crippen molar-refractivity contribution in [1.29, 1.82) is 0 Å². The summed E-state index contributed by atoms with van der Waals surface area (Å²) in [5.41, 5.74) is 0. The van der Waals surface area contributed by atoms with Crippen LogP contribution in [0, 0.1) is 0 Å². The van der Waals surface area contributed by atoms with Gasteiger partial charge in [0.25, 0.3) is 0 Å². The van der Waals surface area contributed by atoms with E-state index in [1.807, 2.05) is 11.8 Å². The van der Waals surface area contributed by atoms with E-state index in [2.05, 4.69) is 25.1 Å². The maximum Gasteiger partial charge on any atom is 0.0559 e. The minimum Gasteiger partial charge on any atom is -0.164 e. The fourth-order valence-corrected chi connectivity index (χ4v) is 1.90. The number of thiol groups is 1. The van der Waals surface area contributed by atoms with Gasteiger partial charge in [-0.15, -0.1) is 0 Å². The van der Waals surface area contributed by atoms with Gasteiger partial charge in [-0.05, 0) is 12.5 Å². The highest BCUT2D eigenvalue weighted by Gasteiger charge is 1.94. The Bertz CT molecular complexity index is 37.9. The third-order valence-corrected chi connectivity index (χ3v) is 3.23. The Morgan fingerprint density at radius 3 is 2.29 bits per heavy atom. The van der Waals surface area contributed by atoms with Crippen LogP contribution in [-0.4, -0.2) is 22.8 Å². The van der Waals surface area contributed by atoms with E-state index in [1.165, 1.54) is 0 Å². The lowest BCUT2D eigenvalue weighted by Crippen LogP contribution is -1.92. The molecule has 0 aliphatic carbocycles. The monoisotopic (exact) mass is 154 g/mol. The predicted octanol–water partition coefficient (Wildman–Crippen LogP) is 1.97. The average molecular weight is 154 g/mol. The third kappa shape index (κ3) is 4.91. The van der Waals surface area contributed by atoms with Gasteiger partial charge in [-0.2, -0.15) is 36.2 Å². The third-order valence-electron chi connectivity index (χ3n) is 0.581. The number of rotatable bonds is 3. The number of thioether (sulfide) groups is 2. The molecular formula is C4H10S3. The minimum atomic E-state index is 0.523. The Hall–Kier alpha value is 1.05. The largest absolute Gasteiger partial charge is 0.164 e. The Kier molecular flexibility index (Phi) is 5.97. The summed E-state index contributed by atoms with van der Waals surface area (Å²) in [4.78, 5) is 0. The molecule has 0 aliphatic rings. The first-order valence-electron chi connectivity index (χ1n) is 2.01. The van der Waals surface area contributed by atoms with Crippen LogP contribution in [0.2, 0.25) is 0 Å². The lowest BCUT2D eigenvalue weighted by molar-refractivity contribution is 1.47. The molecule has 0 fully saturated rings. The Balaban J connectivity index is 2.83. The van der Waals surface area contributed by atoms with Crippen LogP contribution in [0.15, 0.2) is 0 Å². The van der Waals surface area contributed by atoms with Crippen molar-refractivity contribution in [3.05, 3.63) is 0 Å². The van der Waals surface area contributed by atoms with E-state index in [4.69, 9.17) is 0 Å². The second kappa shape index (κ2) is 5.19. The second-order valence-electron chi connectivity index (χ2n) is 1.15. The van der Waals surface area contributed by atoms with E-state index in [9.17, 15) is 0 Å². The molecule has 0 nitrogen and oxygen atoms in total. The highest BCUT2D eigenvalue weighted by Crippen LogP contribution is 2.14. The Labute approximate surface area is 59.2 Å². The van der Waals surface area contributed by atoms with Crippen molar-refractivity contribution >= 4 is 36.2 Å². The van der Waals surface area contributed by atoms with E-state index in [0.717, 1.165) is 5.75 Å². The zero-order valence-corrected chi connectivity index (χ0v) is 7.08. The average Bonchev–Trinajstić information content (AvgIpc) is 1.68. The molecular weight excluding hydrogens is 144 g/mol. The van der Waals surface area contributed by atoms with Crippen LogP contribution in [0.25, 0.3) is 0 Å². The molecule has 0 saturated carbocycles. The molecule has 7 heavy (non-hydrogen) atoms. The molecule has 0 N–H and O–H groups in total. The SMILES string of the molecule is CSCC(S)SC. The fourth-order valence-electron chi connectivity index (χ4n) is 0.211. The smallest absolute Gasteiger partial charge is 0.0559 e. The van der Waals surface area contributed by atoms with Gasteiger partial charge in [-0.1, -0.05) is 0 Å². The molecule has 3 heteroatoms. The van der Waals surface area contributed by atoms with Crippen molar-refractivity contribution in [2.75, 3.05) is 18.3 Å². The van der Waals surface area contributed by atoms with Crippen molar-refractivity contribution in [3.8, 4) is 0 Å². The molecule has 0 aromatic rings. The number of hydrogen-bond acceptors (Lipinski definition) is 3. The molecule has 1 atom stereocenters. The first kappa shape index (κ1) is 8.05. The minimum absolute atomic E-state index is 0.523. The highest BCUT2D eigenvalue weighted by molar-refractivity contribution is 8.11. The van der Waals surface area contributed by atoms with Crippen molar-refractivity contribution in [1.82, 2.24) is 0 Å². The van der Waals surface area contributed by atoms with Gasteiger partial charge in [-0.3, -0.25) is 0 Å². The summed E-state index contributed by atoms with van der Waals surface area (Å²) in [6.45, 7) is 0. The maximum absolute atomic E-state index is 4.25. The molecule has 0 bridgehead atoms. The van der Waals surface area contributed by atoms with Crippen molar-refractivity contribution in [3.63, 3.8) is 0 Å². The van der Waals surface area contributed by atoms with Gasteiger partial charge in [0.05, 0.1) is 4.58 Å². The van der Waals surface area contributed by atoms with Crippen LogP contribution in [0.4, 0.5) is 0 Å². The van der Waals surface area contributed by atoms with E-state index in [0.29, 0.717) is 4.58 Å². The first-order chi connectivity index (χ1) is 3.31. The highest BCUT2D eigenvalue weighted by atomic mass is 32.2. The zero-order chi connectivity index (χ0) is 5.70. The first-order valence-corrected chi connectivity index (χ1v) is 5.21. The Morgan fingerprint density at radius 1 is 1.57 bits per heavy atom. The van der Waals surface area contributed by atoms with E-state index in [1.54, 1.807) is 11.8 Å². The lowest BCUT2D eigenvalue weighted by Gasteiger charge is -2.01. The van der Waals surface area contributed by atoms with Gasteiger partial charge >= 0.3 is 0 Å². The van der Waals surface area contributed by atoms with Crippen molar-refractivity contribution < 1.29 is 0 Å². The van der Waals surface area contributed by atoms with Crippen molar-refractivity contribution in [2.45, 2.75) is 4.58 Å². The fraction of sp³-hybridized carbons (Fsp3) is 1.00. The quantitative estimate of drug-likeness (QED) is 0.487. The molecule has 0 aromatic carbocycles. The topological polar surface area (TPSA) is 0 Å². The summed E-state index contributed by atoms with van der Waals surface area (Å²) in [5.74, 6) is 1.14. The predicted molar refractivity (Wildman–Crippen MR) is 44.7 cm³/mol. The maximum atomic E-state index is 4.25. The van der Waals surface area contributed by atoms with Crippen LogP contribution in [0.1, 0.15) is 0 Å². The Morgan fingerprint density at radius 2 is 2.14 bits per heavy atom. The summed E-state index contributed by atoms with van der Waals surface area (Å²) in [5, 5.41) is 0. The standard InChI is InChI=1S/C4H10S3/c1-6-3-4(5)7-2/h4-5H,3H2,1-2H3. The summed E-state index contributed by atoms with van der Waals surface area (Å²) >= 11 is 7.88. The summed E-state index contributed by atoms with van der Waals surface area (Å²) < 4.78 is 0.523. The lowest BCUT2D eigenvalue weighted by atomic mass is 10.9. The van der Waals surface area contributed by atoms with Gasteiger partial charge < -0.3 is 0 Å². The van der Waals surface area contributed by atoms with Crippen LogP contribution in [0.5, 0.6) is 0 Å². The molecule has 44 valence electrons. The molecule has 0 heterocycles. The van der Waals surface area contributed by atoms with E-state index in [-0.39, 0.29) is 0 Å². The van der Waals surface area contributed by atoms with Crippen LogP contribution >= 0.6 is 36.2 Å². The van der Waals surface area contributed by atoms with E-state index >= 15 is 0 Å². The van der Waals surface area contributed by atoms with Crippen molar-refractivity contribution in [2.24, 2.45) is 0 Å². The van der Waals surface area contributed by atoms with Crippen LogP contribution in [-0.2, 0) is 0 Å². The van der Waals surface area contributed by atoms with Gasteiger partial charge in [0.2, 0.25) is 0 Å². The molecule has 0 amide bonds. The van der Waals surface area contributed by atoms with Crippen LogP contribution < -0.4 is 0 Å². The van der Waals surface area contributed by atoms with Gasteiger partial charge in [0.15, 0.2) is 0 Å². The molecule has 0 radical (unpaired) electrons. The zero-order valence-electron chi connectivity index (χ0n) is 4.55. The normalized spacial score (nSPS) is 14.1. The van der Waals surface area contributed by atoms with Gasteiger partial charge in [0.1, 0.15) is 0 Å². The summed E-state index contributed by atoms with van der Waals surface area (Å²) in [6, 6.07) is 0. The number of hydrogen-bond donors (Lipinski definition) is 1.